The van der Waals surface area contributed by atoms with Crippen LogP contribution in [0.25, 0.3) is 0 Å². The van der Waals surface area contributed by atoms with Crippen molar-refractivity contribution in [2.75, 3.05) is 7.05 Å². The summed E-state index contributed by atoms with van der Waals surface area (Å²) in [6, 6.07) is 4.01. The molecule has 0 bridgehead atoms. The summed E-state index contributed by atoms with van der Waals surface area (Å²) >= 11 is 0. The standard InChI is InChI=1S/C11H17NO2S/c1-8-5-9(2)11(10(3)6-8)7-15(13,14)12-4/h5-6,12H,7H2,1-4H3. The maximum Gasteiger partial charge on any atom is 0.215 e. The van der Waals surface area contributed by atoms with Crippen LogP contribution in [0.1, 0.15) is 22.3 Å². The average Bonchev–Trinajstić information content (AvgIpc) is 2.11. The molecule has 1 rings (SSSR count). The van der Waals surface area contributed by atoms with Crippen LogP contribution >= 0.6 is 0 Å². The highest BCUT2D eigenvalue weighted by Gasteiger charge is 2.12. The molecular weight excluding hydrogens is 210 g/mol. The highest BCUT2D eigenvalue weighted by Crippen LogP contribution is 2.18. The minimum Gasteiger partial charge on any atom is -0.218 e. The Morgan fingerprint density at radius 2 is 1.60 bits per heavy atom. The summed E-state index contributed by atoms with van der Waals surface area (Å²) < 4.78 is 25.2. The second kappa shape index (κ2) is 4.33. The van der Waals surface area contributed by atoms with E-state index in [4.69, 9.17) is 0 Å². The first-order valence-corrected chi connectivity index (χ1v) is 6.49. The zero-order valence-corrected chi connectivity index (χ0v) is 10.4. The monoisotopic (exact) mass is 227 g/mol. The molecule has 0 radical (unpaired) electrons. The van der Waals surface area contributed by atoms with Crippen LogP contribution in [0.4, 0.5) is 0 Å². The van der Waals surface area contributed by atoms with Crippen molar-refractivity contribution in [1.82, 2.24) is 4.72 Å². The molecule has 1 aromatic carbocycles. The Balaban J connectivity index is 3.17. The van der Waals surface area contributed by atoms with Gasteiger partial charge in [0, 0.05) is 0 Å². The number of rotatable bonds is 3. The molecular formula is C11H17NO2S. The highest BCUT2D eigenvalue weighted by atomic mass is 32.2. The molecule has 0 fully saturated rings. The van der Waals surface area contributed by atoms with Gasteiger partial charge in [0.1, 0.15) is 0 Å². The maximum atomic E-state index is 11.4. The van der Waals surface area contributed by atoms with E-state index < -0.39 is 10.0 Å². The van der Waals surface area contributed by atoms with Crippen molar-refractivity contribution >= 4 is 10.0 Å². The van der Waals surface area contributed by atoms with Crippen molar-refractivity contribution < 1.29 is 8.42 Å². The lowest BCUT2D eigenvalue weighted by atomic mass is 10.0. The molecule has 3 nitrogen and oxygen atoms in total. The Morgan fingerprint density at radius 3 is 2.00 bits per heavy atom. The summed E-state index contributed by atoms with van der Waals surface area (Å²) in [5.74, 6) is 0.0570. The Kier molecular flexibility index (Phi) is 3.52. The summed E-state index contributed by atoms with van der Waals surface area (Å²) in [7, 11) is -1.74. The fourth-order valence-electron chi connectivity index (χ4n) is 1.70. The van der Waals surface area contributed by atoms with E-state index in [1.807, 2.05) is 32.9 Å². The number of hydrogen-bond acceptors (Lipinski definition) is 2. The van der Waals surface area contributed by atoms with Gasteiger partial charge in [-0.15, -0.1) is 0 Å². The first kappa shape index (κ1) is 12.2. The van der Waals surface area contributed by atoms with Crippen LogP contribution in [-0.2, 0) is 15.8 Å². The number of aryl methyl sites for hydroxylation is 3. The third-order valence-corrected chi connectivity index (χ3v) is 3.78. The maximum absolute atomic E-state index is 11.4. The van der Waals surface area contributed by atoms with Crippen LogP contribution < -0.4 is 4.72 Å². The van der Waals surface area contributed by atoms with Gasteiger partial charge in [-0.1, -0.05) is 17.7 Å². The largest absolute Gasteiger partial charge is 0.218 e. The minimum atomic E-state index is -3.18. The van der Waals surface area contributed by atoms with Crippen molar-refractivity contribution in [2.45, 2.75) is 26.5 Å². The normalized spacial score (nSPS) is 11.7. The molecule has 84 valence electrons. The van der Waals surface area contributed by atoms with E-state index in [9.17, 15) is 8.42 Å². The van der Waals surface area contributed by atoms with E-state index in [1.54, 1.807) is 0 Å². The fraction of sp³-hybridized carbons (Fsp3) is 0.455. The summed E-state index contributed by atoms with van der Waals surface area (Å²) in [6.07, 6.45) is 0. The van der Waals surface area contributed by atoms with E-state index in [1.165, 1.54) is 7.05 Å². The molecule has 1 aromatic rings. The van der Waals surface area contributed by atoms with E-state index in [0.29, 0.717) is 0 Å². The quantitative estimate of drug-likeness (QED) is 0.853. The SMILES string of the molecule is CNS(=O)(=O)Cc1c(C)cc(C)cc1C. The minimum absolute atomic E-state index is 0.0570. The zero-order valence-electron chi connectivity index (χ0n) is 9.59. The molecule has 0 aliphatic heterocycles. The van der Waals surface area contributed by atoms with Crippen LogP contribution in [0.2, 0.25) is 0 Å². The first-order chi connectivity index (χ1) is 6.85. The topological polar surface area (TPSA) is 46.2 Å². The van der Waals surface area contributed by atoms with Crippen molar-refractivity contribution in [2.24, 2.45) is 0 Å². The van der Waals surface area contributed by atoms with Crippen LogP contribution in [0.5, 0.6) is 0 Å². The van der Waals surface area contributed by atoms with Gasteiger partial charge in [0.2, 0.25) is 10.0 Å². The van der Waals surface area contributed by atoms with Crippen molar-refractivity contribution in [3.8, 4) is 0 Å². The van der Waals surface area contributed by atoms with E-state index in [-0.39, 0.29) is 5.75 Å². The summed E-state index contributed by atoms with van der Waals surface area (Å²) in [6.45, 7) is 5.90. The van der Waals surface area contributed by atoms with Gasteiger partial charge >= 0.3 is 0 Å². The third-order valence-electron chi connectivity index (χ3n) is 2.49. The number of nitrogens with one attached hydrogen (secondary N) is 1. The number of hydrogen-bond donors (Lipinski definition) is 1. The number of sulfonamides is 1. The molecule has 0 saturated heterocycles. The van der Waals surface area contributed by atoms with Crippen LogP contribution in [-0.4, -0.2) is 15.5 Å². The summed E-state index contributed by atoms with van der Waals surface area (Å²) in [5.41, 5.74) is 4.13. The second-order valence-electron chi connectivity index (χ2n) is 3.84. The summed E-state index contributed by atoms with van der Waals surface area (Å²) in [4.78, 5) is 0. The molecule has 1 N–H and O–H groups in total. The zero-order chi connectivity index (χ0) is 11.6. The van der Waals surface area contributed by atoms with Gasteiger partial charge in [-0.05, 0) is 44.5 Å². The van der Waals surface area contributed by atoms with Crippen LogP contribution in [0.3, 0.4) is 0 Å². The second-order valence-corrected chi connectivity index (χ2v) is 5.77. The molecule has 0 unspecified atom stereocenters. The predicted octanol–water partition coefficient (Wildman–Crippen LogP) is 1.66. The Hall–Kier alpha value is -0.870. The van der Waals surface area contributed by atoms with Crippen molar-refractivity contribution in [1.29, 1.82) is 0 Å². The summed E-state index contributed by atoms with van der Waals surface area (Å²) in [5, 5.41) is 0. The van der Waals surface area contributed by atoms with Gasteiger partial charge in [0.05, 0.1) is 5.75 Å². The lowest BCUT2D eigenvalue weighted by Gasteiger charge is -2.11. The molecule has 0 heterocycles. The Labute approximate surface area is 91.6 Å². The van der Waals surface area contributed by atoms with Crippen LogP contribution in [0.15, 0.2) is 12.1 Å². The third kappa shape index (κ3) is 3.04. The molecule has 0 atom stereocenters. The molecule has 0 saturated carbocycles. The Bertz CT molecular complexity index is 440. The van der Waals surface area contributed by atoms with Crippen molar-refractivity contribution in [3.63, 3.8) is 0 Å². The number of benzene rings is 1. The first-order valence-electron chi connectivity index (χ1n) is 4.83. The smallest absolute Gasteiger partial charge is 0.215 e. The van der Waals surface area contributed by atoms with Gasteiger partial charge in [0.15, 0.2) is 0 Å². The molecule has 0 aliphatic rings. The van der Waals surface area contributed by atoms with Gasteiger partial charge in [-0.25, -0.2) is 13.1 Å². The van der Waals surface area contributed by atoms with Gasteiger partial charge in [-0.3, -0.25) is 0 Å². The van der Waals surface area contributed by atoms with E-state index >= 15 is 0 Å². The molecule has 0 spiro atoms. The predicted molar refractivity (Wildman–Crippen MR) is 62.3 cm³/mol. The molecule has 4 heteroatoms. The molecule has 0 amide bonds. The van der Waals surface area contributed by atoms with Gasteiger partial charge < -0.3 is 0 Å². The molecule has 15 heavy (non-hydrogen) atoms. The lowest BCUT2D eigenvalue weighted by molar-refractivity contribution is 0.587. The van der Waals surface area contributed by atoms with Crippen LogP contribution in [0, 0.1) is 20.8 Å². The van der Waals surface area contributed by atoms with E-state index in [0.717, 1.165) is 22.3 Å². The van der Waals surface area contributed by atoms with Gasteiger partial charge in [-0.2, -0.15) is 0 Å². The highest BCUT2D eigenvalue weighted by molar-refractivity contribution is 7.88. The molecule has 0 aromatic heterocycles. The lowest BCUT2D eigenvalue weighted by Crippen LogP contribution is -2.21. The average molecular weight is 227 g/mol. The molecule has 0 aliphatic carbocycles. The fourth-order valence-corrected chi connectivity index (χ4v) is 2.68. The van der Waals surface area contributed by atoms with E-state index in [2.05, 4.69) is 4.72 Å². The van der Waals surface area contributed by atoms with Gasteiger partial charge in [0.25, 0.3) is 0 Å². The Morgan fingerprint density at radius 1 is 1.13 bits per heavy atom. The van der Waals surface area contributed by atoms with Crippen molar-refractivity contribution in [3.05, 3.63) is 34.4 Å².